The Morgan fingerprint density at radius 2 is 2.00 bits per heavy atom. The summed E-state index contributed by atoms with van der Waals surface area (Å²) in [5, 5.41) is 5.72. The van der Waals surface area contributed by atoms with Gasteiger partial charge in [0.15, 0.2) is 0 Å². The highest BCUT2D eigenvalue weighted by Crippen LogP contribution is 2.17. The summed E-state index contributed by atoms with van der Waals surface area (Å²) >= 11 is 0. The van der Waals surface area contributed by atoms with Crippen LogP contribution in [0.25, 0.3) is 0 Å². The van der Waals surface area contributed by atoms with Crippen LogP contribution in [0.2, 0.25) is 0 Å². The molecule has 2 atom stereocenters. The molecule has 0 spiro atoms. The molecule has 1 saturated heterocycles. The first-order valence-corrected chi connectivity index (χ1v) is 7.25. The summed E-state index contributed by atoms with van der Waals surface area (Å²) in [5.74, 6) is -0.368. The molecule has 1 heterocycles. The number of ketones is 1. The van der Waals surface area contributed by atoms with Crippen LogP contribution in [0.4, 0.5) is 0 Å². The van der Waals surface area contributed by atoms with Gasteiger partial charge in [-0.3, -0.25) is 14.4 Å². The van der Waals surface area contributed by atoms with Gasteiger partial charge in [-0.05, 0) is 33.1 Å². The zero-order valence-corrected chi connectivity index (χ0v) is 12.6. The smallest absolute Gasteiger partial charge is 0.243 e. The summed E-state index contributed by atoms with van der Waals surface area (Å²) in [6.45, 7) is 6.39. The van der Waals surface area contributed by atoms with Gasteiger partial charge in [-0.1, -0.05) is 6.92 Å². The highest BCUT2D eigenvalue weighted by molar-refractivity contribution is 5.91. The number of rotatable bonds is 7. The third kappa shape index (κ3) is 4.92. The molecule has 0 aromatic heterocycles. The van der Waals surface area contributed by atoms with Crippen molar-refractivity contribution in [3.8, 4) is 0 Å². The van der Waals surface area contributed by atoms with Crippen molar-refractivity contribution in [3.63, 3.8) is 0 Å². The maximum absolute atomic E-state index is 12.1. The van der Waals surface area contributed by atoms with E-state index < -0.39 is 6.04 Å². The van der Waals surface area contributed by atoms with Gasteiger partial charge in [0.2, 0.25) is 11.8 Å². The molecule has 1 fully saturated rings. The first-order chi connectivity index (χ1) is 9.45. The summed E-state index contributed by atoms with van der Waals surface area (Å²) in [7, 11) is 0. The lowest BCUT2D eigenvalue weighted by molar-refractivity contribution is -0.138. The van der Waals surface area contributed by atoms with E-state index in [9.17, 15) is 14.4 Å². The van der Waals surface area contributed by atoms with Gasteiger partial charge >= 0.3 is 0 Å². The van der Waals surface area contributed by atoms with E-state index in [0.717, 1.165) is 12.8 Å². The first-order valence-electron chi connectivity index (χ1n) is 7.25. The van der Waals surface area contributed by atoms with Crippen molar-refractivity contribution in [1.29, 1.82) is 0 Å². The molecule has 6 heteroatoms. The monoisotopic (exact) mass is 283 g/mol. The van der Waals surface area contributed by atoms with Crippen LogP contribution in [0.3, 0.4) is 0 Å². The van der Waals surface area contributed by atoms with Gasteiger partial charge < -0.3 is 15.5 Å². The van der Waals surface area contributed by atoms with E-state index >= 15 is 0 Å². The Bertz CT molecular complexity index is 371. The molecule has 0 radical (unpaired) electrons. The number of hydrogen-bond donors (Lipinski definition) is 2. The summed E-state index contributed by atoms with van der Waals surface area (Å²) in [5.41, 5.74) is 0. The van der Waals surface area contributed by atoms with E-state index in [1.54, 1.807) is 4.90 Å². The molecule has 6 nitrogen and oxygen atoms in total. The van der Waals surface area contributed by atoms with Crippen molar-refractivity contribution >= 4 is 17.6 Å². The van der Waals surface area contributed by atoms with Gasteiger partial charge in [0, 0.05) is 12.6 Å². The topological polar surface area (TPSA) is 78.5 Å². The summed E-state index contributed by atoms with van der Waals surface area (Å²) in [6, 6.07) is -0.146. The third-order valence-electron chi connectivity index (χ3n) is 3.60. The van der Waals surface area contributed by atoms with Gasteiger partial charge in [0.25, 0.3) is 0 Å². The van der Waals surface area contributed by atoms with Crippen LogP contribution in [0.15, 0.2) is 0 Å². The molecule has 20 heavy (non-hydrogen) atoms. The number of likely N-dealkylation sites (tertiary alicyclic amines) is 1. The van der Waals surface area contributed by atoms with Crippen LogP contribution in [-0.2, 0) is 14.4 Å². The van der Waals surface area contributed by atoms with Crippen molar-refractivity contribution in [2.75, 3.05) is 19.6 Å². The fourth-order valence-electron chi connectivity index (χ4n) is 2.17. The van der Waals surface area contributed by atoms with Gasteiger partial charge in [-0.2, -0.15) is 0 Å². The average Bonchev–Trinajstić information content (AvgIpc) is 2.90. The first kappa shape index (κ1) is 16.6. The molecule has 0 aliphatic carbocycles. The molecule has 1 aliphatic rings. The number of carbonyl (C=O) groups is 3. The Kier molecular flexibility index (Phi) is 6.64. The molecule has 2 N–H and O–H groups in total. The van der Waals surface area contributed by atoms with E-state index in [1.165, 1.54) is 6.92 Å². The molecular weight excluding hydrogens is 258 g/mol. The number of carbonyl (C=O) groups excluding carboxylic acids is 3. The zero-order chi connectivity index (χ0) is 15.1. The predicted molar refractivity (Wildman–Crippen MR) is 76.2 cm³/mol. The fourth-order valence-corrected chi connectivity index (χ4v) is 2.17. The second kappa shape index (κ2) is 7.99. The van der Waals surface area contributed by atoms with Crippen molar-refractivity contribution in [1.82, 2.24) is 15.5 Å². The molecule has 1 aliphatic heterocycles. The highest BCUT2D eigenvalue weighted by Gasteiger charge is 2.33. The number of Topliss-reactive ketones (excluding diaryl/α,β-unsaturated/α-hetero) is 1. The van der Waals surface area contributed by atoms with Crippen LogP contribution in [0.1, 0.15) is 40.0 Å². The Balaban J connectivity index is 2.49. The van der Waals surface area contributed by atoms with Gasteiger partial charge in [-0.15, -0.1) is 0 Å². The summed E-state index contributed by atoms with van der Waals surface area (Å²) < 4.78 is 0. The van der Waals surface area contributed by atoms with Gasteiger partial charge in [0.05, 0.1) is 13.1 Å². The van der Waals surface area contributed by atoms with Crippen LogP contribution in [0.5, 0.6) is 0 Å². The van der Waals surface area contributed by atoms with Crippen LogP contribution >= 0.6 is 0 Å². The second-order valence-electron chi connectivity index (χ2n) is 5.36. The minimum absolute atomic E-state index is 0.0302. The maximum Gasteiger partial charge on any atom is 0.243 e. The van der Waals surface area contributed by atoms with Crippen molar-refractivity contribution in [2.45, 2.75) is 52.1 Å². The molecule has 2 amide bonds. The van der Waals surface area contributed by atoms with E-state index in [1.807, 2.05) is 6.92 Å². The van der Waals surface area contributed by atoms with E-state index in [0.29, 0.717) is 13.0 Å². The fraction of sp³-hybridized carbons (Fsp3) is 0.786. The molecular formula is C14H25N3O3. The lowest BCUT2D eigenvalue weighted by Crippen LogP contribution is -2.49. The van der Waals surface area contributed by atoms with Crippen LogP contribution in [0, 0.1) is 0 Å². The van der Waals surface area contributed by atoms with E-state index in [-0.39, 0.29) is 36.7 Å². The van der Waals surface area contributed by atoms with Crippen molar-refractivity contribution in [2.24, 2.45) is 0 Å². The third-order valence-corrected chi connectivity index (χ3v) is 3.60. The summed E-state index contributed by atoms with van der Waals surface area (Å²) in [4.78, 5) is 36.6. The molecule has 114 valence electrons. The van der Waals surface area contributed by atoms with E-state index in [4.69, 9.17) is 0 Å². The number of nitrogens with one attached hydrogen (secondary N) is 2. The Hall–Kier alpha value is -1.43. The molecule has 0 aromatic carbocycles. The van der Waals surface area contributed by atoms with Gasteiger partial charge in [-0.25, -0.2) is 0 Å². The molecule has 1 rings (SSSR count). The predicted octanol–water partition coefficient (Wildman–Crippen LogP) is 0.0707. The molecule has 0 saturated carbocycles. The largest absolute Gasteiger partial charge is 0.347 e. The van der Waals surface area contributed by atoms with Crippen molar-refractivity contribution in [3.05, 3.63) is 0 Å². The Labute approximate surface area is 120 Å². The summed E-state index contributed by atoms with van der Waals surface area (Å²) in [6.07, 6.45) is 2.45. The molecule has 0 bridgehead atoms. The Morgan fingerprint density at radius 3 is 2.60 bits per heavy atom. The van der Waals surface area contributed by atoms with Crippen molar-refractivity contribution < 1.29 is 14.4 Å². The number of hydrogen-bond acceptors (Lipinski definition) is 4. The quantitative estimate of drug-likeness (QED) is 0.693. The van der Waals surface area contributed by atoms with Crippen LogP contribution in [-0.4, -0.2) is 54.2 Å². The number of amides is 2. The standard InChI is InChI=1S/C14H25N3O3/c1-4-10(2)15-9-13(19)17-7-5-6-12(17)14(20)16-8-11(3)18/h10,12,15H,4-9H2,1-3H3,(H,16,20)/t10?,12-/m0/s1. The second-order valence-corrected chi connectivity index (χ2v) is 5.36. The Morgan fingerprint density at radius 1 is 1.30 bits per heavy atom. The van der Waals surface area contributed by atoms with Crippen LogP contribution < -0.4 is 10.6 Å². The molecule has 1 unspecified atom stereocenters. The average molecular weight is 283 g/mol. The lowest BCUT2D eigenvalue weighted by atomic mass is 10.2. The SMILES string of the molecule is CCC(C)NCC(=O)N1CCC[C@H]1C(=O)NCC(C)=O. The minimum atomic E-state index is -0.430. The maximum atomic E-state index is 12.1. The number of nitrogens with zero attached hydrogens (tertiary/aromatic N) is 1. The zero-order valence-electron chi connectivity index (χ0n) is 12.6. The minimum Gasteiger partial charge on any atom is -0.347 e. The lowest BCUT2D eigenvalue weighted by Gasteiger charge is -2.24. The van der Waals surface area contributed by atoms with Gasteiger partial charge in [0.1, 0.15) is 11.8 Å². The molecule has 0 aromatic rings. The van der Waals surface area contributed by atoms with E-state index in [2.05, 4.69) is 17.6 Å². The normalized spacial score (nSPS) is 19.8. The highest BCUT2D eigenvalue weighted by atomic mass is 16.2.